The lowest BCUT2D eigenvalue weighted by Gasteiger charge is -2.18. The van der Waals surface area contributed by atoms with Gasteiger partial charge >= 0.3 is 5.69 Å². The highest BCUT2D eigenvalue weighted by molar-refractivity contribution is 6.08. The normalized spacial score (nSPS) is 10.8. The van der Waals surface area contributed by atoms with Crippen molar-refractivity contribution >= 4 is 39.7 Å². The van der Waals surface area contributed by atoms with Crippen molar-refractivity contribution in [3.05, 3.63) is 66.6 Å². The summed E-state index contributed by atoms with van der Waals surface area (Å²) in [4.78, 5) is 47.3. The first-order valence-corrected chi connectivity index (χ1v) is 8.63. The van der Waals surface area contributed by atoms with Crippen LogP contribution in [0.3, 0.4) is 0 Å². The van der Waals surface area contributed by atoms with Crippen molar-refractivity contribution < 1.29 is 14.6 Å². The number of imidazole rings is 1. The number of nitro groups is 2. The molecule has 30 heavy (non-hydrogen) atoms. The Balaban J connectivity index is 2.12. The van der Waals surface area contributed by atoms with Gasteiger partial charge in [0.05, 0.1) is 43.9 Å². The molecular formula is C18H18N6O6. The molecule has 0 unspecified atom stereocenters. The smallest absolute Gasteiger partial charge is 0.328 e. The molecule has 3 rings (SSSR count). The highest BCUT2D eigenvalue weighted by Crippen LogP contribution is 2.31. The minimum Gasteiger partial charge on any atom is -0.376 e. The summed E-state index contributed by atoms with van der Waals surface area (Å²) in [5.41, 5.74) is 0.523. The summed E-state index contributed by atoms with van der Waals surface area (Å²) in [6.07, 6.45) is 0. The van der Waals surface area contributed by atoms with Crippen LogP contribution in [0.4, 0.5) is 22.7 Å². The van der Waals surface area contributed by atoms with Gasteiger partial charge in [0.2, 0.25) is 0 Å². The number of carbonyl (C=O) groups excluding carboxylic acids is 1. The third kappa shape index (κ3) is 3.45. The molecule has 0 atom stereocenters. The van der Waals surface area contributed by atoms with Crippen LogP contribution in [0, 0.1) is 20.2 Å². The quantitative estimate of drug-likeness (QED) is 0.496. The molecule has 156 valence electrons. The molecule has 0 saturated heterocycles. The summed E-state index contributed by atoms with van der Waals surface area (Å²) in [6, 6.07) is 6.05. The van der Waals surface area contributed by atoms with E-state index in [0.717, 1.165) is 18.2 Å². The number of rotatable bonds is 5. The second-order valence-corrected chi connectivity index (χ2v) is 6.86. The van der Waals surface area contributed by atoms with E-state index in [9.17, 15) is 29.8 Å². The zero-order valence-electron chi connectivity index (χ0n) is 16.6. The van der Waals surface area contributed by atoms with Crippen LogP contribution in [0.2, 0.25) is 0 Å². The second kappa shape index (κ2) is 7.31. The molecule has 12 nitrogen and oxygen atoms in total. The second-order valence-electron chi connectivity index (χ2n) is 6.86. The number of hydrogen-bond acceptors (Lipinski definition) is 7. The third-order valence-corrected chi connectivity index (χ3v) is 4.71. The van der Waals surface area contributed by atoms with Gasteiger partial charge in [0.15, 0.2) is 0 Å². The Kier molecular flexibility index (Phi) is 5.00. The molecule has 12 heteroatoms. The lowest BCUT2D eigenvalue weighted by molar-refractivity contribution is -0.394. The van der Waals surface area contributed by atoms with Gasteiger partial charge < -0.3 is 10.2 Å². The zero-order chi connectivity index (χ0) is 22.3. The minimum absolute atomic E-state index is 0.234. The average molecular weight is 414 g/mol. The van der Waals surface area contributed by atoms with Gasteiger partial charge in [-0.1, -0.05) is 0 Å². The van der Waals surface area contributed by atoms with E-state index in [0.29, 0.717) is 22.4 Å². The molecular weight excluding hydrogens is 396 g/mol. The first-order valence-electron chi connectivity index (χ1n) is 8.63. The van der Waals surface area contributed by atoms with Gasteiger partial charge in [-0.25, -0.2) is 4.79 Å². The van der Waals surface area contributed by atoms with Crippen molar-refractivity contribution in [3.8, 4) is 0 Å². The Morgan fingerprint density at radius 3 is 1.90 bits per heavy atom. The summed E-state index contributed by atoms with van der Waals surface area (Å²) in [5, 5.41) is 24.8. The Hall–Kier alpha value is -4.22. The Bertz CT molecular complexity index is 1240. The third-order valence-electron chi connectivity index (χ3n) is 4.71. The molecule has 1 heterocycles. The van der Waals surface area contributed by atoms with E-state index in [4.69, 9.17) is 0 Å². The number of nitro benzene ring substituents is 2. The van der Waals surface area contributed by atoms with Crippen molar-refractivity contribution in [2.75, 3.05) is 24.3 Å². The number of hydrogen-bond donors (Lipinski definition) is 1. The molecule has 2 aromatic carbocycles. The highest BCUT2D eigenvalue weighted by atomic mass is 16.6. The number of benzene rings is 2. The Morgan fingerprint density at radius 2 is 1.43 bits per heavy atom. The van der Waals surface area contributed by atoms with Crippen LogP contribution >= 0.6 is 0 Å². The van der Waals surface area contributed by atoms with Crippen LogP contribution in [0.25, 0.3) is 11.0 Å². The maximum Gasteiger partial charge on any atom is 0.328 e. The summed E-state index contributed by atoms with van der Waals surface area (Å²) < 4.78 is 2.89. The highest BCUT2D eigenvalue weighted by Gasteiger charge is 2.21. The summed E-state index contributed by atoms with van der Waals surface area (Å²) in [5.74, 6) is -0.759. The first kappa shape index (κ1) is 20.5. The largest absolute Gasteiger partial charge is 0.376 e. The van der Waals surface area contributed by atoms with Gasteiger partial charge in [-0.05, 0) is 12.1 Å². The number of nitrogens with zero attached hydrogens (tertiary/aromatic N) is 5. The number of aryl methyl sites for hydroxylation is 2. The van der Waals surface area contributed by atoms with E-state index < -0.39 is 27.1 Å². The summed E-state index contributed by atoms with van der Waals surface area (Å²) in [6.45, 7) is 0. The van der Waals surface area contributed by atoms with Crippen LogP contribution in [0.1, 0.15) is 10.4 Å². The van der Waals surface area contributed by atoms with Crippen molar-refractivity contribution in [1.82, 2.24) is 9.13 Å². The number of anilines is 2. The lowest BCUT2D eigenvalue weighted by Crippen LogP contribution is -2.19. The molecule has 0 saturated carbocycles. The monoisotopic (exact) mass is 414 g/mol. The number of non-ortho nitro benzene ring substituents is 2. The lowest BCUT2D eigenvalue weighted by atomic mass is 10.1. The summed E-state index contributed by atoms with van der Waals surface area (Å²) in [7, 11) is 6.71. The van der Waals surface area contributed by atoms with E-state index in [1.807, 2.05) is 0 Å². The fourth-order valence-electron chi connectivity index (χ4n) is 3.14. The number of fused-ring (bicyclic) bond motifs is 1. The van der Waals surface area contributed by atoms with Crippen molar-refractivity contribution in [2.45, 2.75) is 0 Å². The number of carbonyl (C=O) groups is 1. The van der Waals surface area contributed by atoms with Gasteiger partial charge in [0, 0.05) is 40.3 Å². The number of amides is 1. The van der Waals surface area contributed by atoms with E-state index in [1.54, 1.807) is 45.2 Å². The fraction of sp³-hybridized carbons (Fsp3) is 0.222. The zero-order valence-corrected chi connectivity index (χ0v) is 16.6. The molecule has 0 aliphatic carbocycles. The fourth-order valence-corrected chi connectivity index (χ4v) is 3.14. The van der Waals surface area contributed by atoms with Crippen LogP contribution in [0.5, 0.6) is 0 Å². The predicted molar refractivity (Wildman–Crippen MR) is 110 cm³/mol. The Labute approximate surface area is 169 Å². The van der Waals surface area contributed by atoms with E-state index >= 15 is 0 Å². The molecule has 0 spiro atoms. The van der Waals surface area contributed by atoms with Gasteiger partial charge in [-0.15, -0.1) is 0 Å². The molecule has 0 aliphatic rings. The molecule has 3 aromatic rings. The van der Waals surface area contributed by atoms with Crippen molar-refractivity contribution in [1.29, 1.82) is 0 Å². The molecule has 0 aliphatic heterocycles. The van der Waals surface area contributed by atoms with Gasteiger partial charge in [0.1, 0.15) is 0 Å². The molecule has 1 N–H and O–H groups in total. The number of aromatic nitrogens is 2. The Morgan fingerprint density at radius 1 is 0.933 bits per heavy atom. The number of nitrogens with one attached hydrogen (secondary N) is 1. The maximum absolute atomic E-state index is 12.8. The SMILES string of the molecule is CN(C)c1cc2c(cc1NC(=O)c1cc([N+](=O)[O-])cc([N+](=O)[O-])c1)n(C)c(=O)n2C. The molecule has 0 radical (unpaired) electrons. The van der Waals surface area contributed by atoms with E-state index in [2.05, 4.69) is 5.32 Å². The molecule has 1 amide bonds. The van der Waals surface area contributed by atoms with Crippen LogP contribution < -0.4 is 15.9 Å². The molecule has 1 aromatic heterocycles. The van der Waals surface area contributed by atoms with Gasteiger partial charge in [-0.3, -0.25) is 34.2 Å². The van der Waals surface area contributed by atoms with E-state index in [-0.39, 0.29) is 11.3 Å². The molecule has 0 fully saturated rings. The first-order chi connectivity index (χ1) is 14.0. The predicted octanol–water partition coefficient (Wildman–Crippen LogP) is 2.01. The average Bonchev–Trinajstić information content (AvgIpc) is 2.90. The van der Waals surface area contributed by atoms with Crippen LogP contribution in [-0.4, -0.2) is 39.0 Å². The topological polar surface area (TPSA) is 146 Å². The van der Waals surface area contributed by atoms with Crippen molar-refractivity contribution in [2.24, 2.45) is 14.1 Å². The molecule has 0 bridgehead atoms. The van der Waals surface area contributed by atoms with Crippen LogP contribution in [-0.2, 0) is 14.1 Å². The standard InChI is InChI=1S/C18H18N6O6/c1-20(2)14-9-16-15(21(3)18(26)22(16)4)8-13(14)19-17(25)10-5-11(23(27)28)7-12(6-10)24(29)30/h5-9H,1-4H3,(H,19,25). The minimum atomic E-state index is -0.805. The van der Waals surface area contributed by atoms with E-state index in [1.165, 1.54) is 9.13 Å². The maximum atomic E-state index is 12.8. The summed E-state index contributed by atoms with van der Waals surface area (Å²) >= 11 is 0. The van der Waals surface area contributed by atoms with Gasteiger partial charge in [-0.2, -0.15) is 0 Å². The van der Waals surface area contributed by atoms with Crippen molar-refractivity contribution in [3.63, 3.8) is 0 Å². The van der Waals surface area contributed by atoms with Gasteiger partial charge in [0.25, 0.3) is 17.3 Å². The van der Waals surface area contributed by atoms with Crippen LogP contribution in [0.15, 0.2) is 35.1 Å².